The molecule has 2 rings (SSSR count). The van der Waals surface area contributed by atoms with Crippen LogP contribution in [0.4, 0.5) is 0 Å². The summed E-state index contributed by atoms with van der Waals surface area (Å²) in [7, 11) is 0. The molecule has 0 spiro atoms. The molecule has 0 amide bonds. The van der Waals surface area contributed by atoms with Gasteiger partial charge in [0.05, 0.1) is 6.26 Å². The van der Waals surface area contributed by atoms with Crippen molar-refractivity contribution < 1.29 is 13.9 Å². The molecule has 0 saturated heterocycles. The van der Waals surface area contributed by atoms with Crippen molar-refractivity contribution in [1.82, 2.24) is 0 Å². The molecule has 0 radical (unpaired) electrons. The molecule has 0 saturated carbocycles. The van der Waals surface area contributed by atoms with Crippen molar-refractivity contribution >= 4 is 0 Å². The molecule has 3 nitrogen and oxygen atoms in total. The first-order chi connectivity index (χ1) is 6.60. The predicted octanol–water partition coefficient (Wildman–Crippen LogP) is 2.44. The molecule has 2 aromatic heterocycles. The van der Waals surface area contributed by atoms with Gasteiger partial charge in [0.2, 0.25) is 0 Å². The maximum Gasteiger partial charge on any atom is 0.177 e. The number of rotatable bonds is 2. The number of hydrogen-bond donors (Lipinski definition) is 1. The molecule has 0 aromatic carbocycles. The van der Waals surface area contributed by atoms with Crippen LogP contribution in [0.1, 0.15) is 24.2 Å². The number of hydrogen-bond acceptors (Lipinski definition) is 3. The van der Waals surface area contributed by atoms with E-state index in [2.05, 4.69) is 0 Å². The zero-order chi connectivity index (χ0) is 10.2. The summed E-state index contributed by atoms with van der Waals surface area (Å²) in [5.74, 6) is 1.74. The van der Waals surface area contributed by atoms with E-state index in [4.69, 9.17) is 8.83 Å². The zero-order valence-electron chi connectivity index (χ0n) is 8.15. The fraction of sp³-hybridized carbons (Fsp3) is 0.273. The van der Waals surface area contributed by atoms with Gasteiger partial charge < -0.3 is 13.9 Å². The highest BCUT2D eigenvalue weighted by atomic mass is 16.4. The van der Waals surface area contributed by atoms with Gasteiger partial charge in [-0.1, -0.05) is 0 Å². The second-order valence-electron chi connectivity index (χ2n) is 3.46. The monoisotopic (exact) mass is 192 g/mol. The molecule has 3 heteroatoms. The van der Waals surface area contributed by atoms with Gasteiger partial charge in [-0.25, -0.2) is 0 Å². The van der Waals surface area contributed by atoms with Crippen molar-refractivity contribution in [1.29, 1.82) is 0 Å². The molecule has 0 aliphatic rings. The van der Waals surface area contributed by atoms with Crippen LogP contribution in [-0.4, -0.2) is 5.11 Å². The molecule has 2 heterocycles. The maximum absolute atomic E-state index is 10.2. The van der Waals surface area contributed by atoms with E-state index >= 15 is 0 Å². The summed E-state index contributed by atoms with van der Waals surface area (Å²) in [4.78, 5) is 0. The molecule has 0 aliphatic carbocycles. The summed E-state index contributed by atoms with van der Waals surface area (Å²) in [5.41, 5.74) is -1.20. The van der Waals surface area contributed by atoms with Crippen LogP contribution in [0.25, 0.3) is 0 Å². The Morgan fingerprint density at radius 3 is 2.50 bits per heavy atom. The minimum absolute atomic E-state index is 0.479. The van der Waals surface area contributed by atoms with E-state index in [1.165, 1.54) is 6.26 Å². The average Bonchev–Trinajstić information content (AvgIpc) is 2.72. The van der Waals surface area contributed by atoms with Crippen molar-refractivity contribution in [2.75, 3.05) is 0 Å². The zero-order valence-corrected chi connectivity index (χ0v) is 8.15. The molecule has 2 aromatic rings. The average molecular weight is 192 g/mol. The molecule has 1 N–H and O–H groups in total. The van der Waals surface area contributed by atoms with Crippen molar-refractivity contribution in [2.45, 2.75) is 19.4 Å². The van der Waals surface area contributed by atoms with E-state index in [1.54, 1.807) is 25.1 Å². The molecular formula is C11H12O3. The number of aryl methyl sites for hydroxylation is 1. The standard InChI is InChI=1S/C11H12O3/c1-8-5-6-10(14-8)11(2,12)9-4-3-7-13-9/h3-7,12H,1-2H3. The minimum Gasteiger partial charge on any atom is -0.466 e. The van der Waals surface area contributed by atoms with Crippen LogP contribution in [0.15, 0.2) is 39.4 Å². The van der Waals surface area contributed by atoms with Crippen molar-refractivity contribution in [3.8, 4) is 0 Å². The first-order valence-corrected chi connectivity index (χ1v) is 4.44. The Labute approximate surface area is 82.0 Å². The number of furan rings is 2. The summed E-state index contributed by atoms with van der Waals surface area (Å²) in [6.45, 7) is 3.48. The summed E-state index contributed by atoms with van der Waals surface area (Å²) in [5, 5.41) is 10.2. The highest BCUT2D eigenvalue weighted by Crippen LogP contribution is 2.30. The van der Waals surface area contributed by atoms with E-state index in [1.807, 2.05) is 13.0 Å². The Morgan fingerprint density at radius 2 is 2.00 bits per heavy atom. The minimum atomic E-state index is -1.20. The van der Waals surface area contributed by atoms with Gasteiger partial charge in [-0.2, -0.15) is 0 Å². The molecule has 0 bridgehead atoms. The lowest BCUT2D eigenvalue weighted by Crippen LogP contribution is -2.21. The Bertz CT molecular complexity index is 409. The van der Waals surface area contributed by atoms with Crippen LogP contribution in [-0.2, 0) is 5.60 Å². The smallest absolute Gasteiger partial charge is 0.177 e. The Hall–Kier alpha value is -1.48. The second kappa shape index (κ2) is 3.03. The quantitative estimate of drug-likeness (QED) is 0.794. The van der Waals surface area contributed by atoms with E-state index in [-0.39, 0.29) is 0 Å². The molecule has 0 fully saturated rings. The van der Waals surface area contributed by atoms with Gasteiger partial charge in [-0.15, -0.1) is 0 Å². The highest BCUT2D eigenvalue weighted by molar-refractivity contribution is 5.23. The van der Waals surface area contributed by atoms with Crippen LogP contribution in [0, 0.1) is 6.92 Å². The van der Waals surface area contributed by atoms with Gasteiger partial charge in [0.1, 0.15) is 17.3 Å². The van der Waals surface area contributed by atoms with E-state index in [9.17, 15) is 5.11 Å². The summed E-state index contributed by atoms with van der Waals surface area (Å²) in [6, 6.07) is 7.02. The normalized spacial score (nSPS) is 15.4. The second-order valence-corrected chi connectivity index (χ2v) is 3.46. The van der Waals surface area contributed by atoms with Crippen LogP contribution in [0.2, 0.25) is 0 Å². The SMILES string of the molecule is Cc1ccc(C(C)(O)c2ccco2)o1. The largest absolute Gasteiger partial charge is 0.466 e. The highest BCUT2D eigenvalue weighted by Gasteiger charge is 2.31. The number of aliphatic hydroxyl groups is 1. The lowest BCUT2D eigenvalue weighted by Gasteiger charge is -2.17. The van der Waals surface area contributed by atoms with Gasteiger partial charge >= 0.3 is 0 Å². The van der Waals surface area contributed by atoms with E-state index < -0.39 is 5.60 Å². The maximum atomic E-state index is 10.2. The molecule has 14 heavy (non-hydrogen) atoms. The molecule has 74 valence electrons. The fourth-order valence-corrected chi connectivity index (χ4v) is 1.37. The van der Waals surface area contributed by atoms with Crippen LogP contribution in [0.3, 0.4) is 0 Å². The molecule has 1 unspecified atom stereocenters. The van der Waals surface area contributed by atoms with Crippen LogP contribution >= 0.6 is 0 Å². The summed E-state index contributed by atoms with van der Waals surface area (Å²) in [6.07, 6.45) is 1.53. The van der Waals surface area contributed by atoms with E-state index in [0.717, 1.165) is 5.76 Å². The van der Waals surface area contributed by atoms with E-state index in [0.29, 0.717) is 11.5 Å². The molecule has 0 aliphatic heterocycles. The Balaban J connectivity index is 2.42. The first-order valence-electron chi connectivity index (χ1n) is 4.44. The van der Waals surface area contributed by atoms with Gasteiger partial charge in [0.15, 0.2) is 5.60 Å². The first kappa shape index (κ1) is 9.09. The van der Waals surface area contributed by atoms with Gasteiger partial charge in [0.25, 0.3) is 0 Å². The summed E-state index contributed by atoms with van der Waals surface area (Å²) < 4.78 is 10.5. The van der Waals surface area contributed by atoms with Gasteiger partial charge in [-0.05, 0) is 38.1 Å². The van der Waals surface area contributed by atoms with Crippen LogP contribution in [0.5, 0.6) is 0 Å². The van der Waals surface area contributed by atoms with Crippen LogP contribution < -0.4 is 0 Å². The summed E-state index contributed by atoms with van der Waals surface area (Å²) >= 11 is 0. The third-order valence-corrected chi connectivity index (χ3v) is 2.22. The third kappa shape index (κ3) is 1.36. The predicted molar refractivity (Wildman–Crippen MR) is 50.8 cm³/mol. The Kier molecular flexibility index (Phi) is 1.97. The molecular weight excluding hydrogens is 180 g/mol. The third-order valence-electron chi connectivity index (χ3n) is 2.22. The Morgan fingerprint density at radius 1 is 1.21 bits per heavy atom. The lowest BCUT2D eigenvalue weighted by atomic mass is 10.0. The topological polar surface area (TPSA) is 46.5 Å². The fourth-order valence-electron chi connectivity index (χ4n) is 1.37. The van der Waals surface area contributed by atoms with Crippen molar-refractivity contribution in [3.63, 3.8) is 0 Å². The van der Waals surface area contributed by atoms with Crippen molar-refractivity contribution in [2.24, 2.45) is 0 Å². The lowest BCUT2D eigenvalue weighted by molar-refractivity contribution is 0.0529. The van der Waals surface area contributed by atoms with Crippen molar-refractivity contribution in [3.05, 3.63) is 47.8 Å². The molecule has 1 atom stereocenters. The van der Waals surface area contributed by atoms with Gasteiger partial charge in [-0.3, -0.25) is 0 Å². The van der Waals surface area contributed by atoms with Gasteiger partial charge in [0, 0.05) is 0 Å².